The van der Waals surface area contributed by atoms with E-state index in [-0.39, 0.29) is 0 Å². The highest BCUT2D eigenvalue weighted by Gasteiger charge is 2.11. The van der Waals surface area contributed by atoms with Gasteiger partial charge in [0.2, 0.25) is 0 Å². The van der Waals surface area contributed by atoms with Crippen LogP contribution in [0.2, 0.25) is 0 Å². The maximum atomic E-state index is 9.55. The maximum absolute atomic E-state index is 9.55. The number of hydrogen-bond acceptors (Lipinski definition) is 2. The van der Waals surface area contributed by atoms with Gasteiger partial charge < -0.3 is 9.84 Å². The third-order valence-corrected chi connectivity index (χ3v) is 2.34. The first-order valence-electron chi connectivity index (χ1n) is 4.37. The van der Waals surface area contributed by atoms with E-state index in [0.717, 1.165) is 24.2 Å². The summed E-state index contributed by atoms with van der Waals surface area (Å²) in [6.07, 6.45) is 3.75. The molecule has 0 bridgehead atoms. The summed E-state index contributed by atoms with van der Waals surface area (Å²) in [4.78, 5) is 0. The van der Waals surface area contributed by atoms with Crippen molar-refractivity contribution in [3.8, 4) is 5.75 Å². The third-order valence-electron chi connectivity index (χ3n) is 2.34. The number of aliphatic hydroxyl groups is 1. The van der Waals surface area contributed by atoms with Crippen LogP contribution in [0.4, 0.5) is 0 Å². The molecule has 1 aromatic rings. The Hall–Kier alpha value is -1.44. The lowest BCUT2D eigenvalue weighted by Gasteiger charge is -2.14. The molecule has 0 radical (unpaired) electrons. The Morgan fingerprint density at radius 1 is 1.38 bits per heavy atom. The van der Waals surface area contributed by atoms with Crippen molar-refractivity contribution in [1.82, 2.24) is 0 Å². The molecule has 1 N–H and O–H groups in total. The molecule has 0 atom stereocenters. The molecule has 0 unspecified atom stereocenters. The zero-order valence-corrected chi connectivity index (χ0v) is 7.58. The van der Waals surface area contributed by atoms with Gasteiger partial charge in [-0.15, -0.1) is 0 Å². The molecule has 2 nitrogen and oxygen atoms in total. The van der Waals surface area contributed by atoms with Crippen molar-refractivity contribution < 1.29 is 9.84 Å². The van der Waals surface area contributed by atoms with E-state index in [0.29, 0.717) is 5.76 Å². The first kappa shape index (κ1) is 8.17. The van der Waals surface area contributed by atoms with Gasteiger partial charge in [0.1, 0.15) is 11.5 Å². The largest absolute Gasteiger partial charge is 0.508 e. The van der Waals surface area contributed by atoms with E-state index < -0.39 is 0 Å². The molecular weight excluding hydrogens is 164 g/mol. The van der Waals surface area contributed by atoms with Crippen LogP contribution in [0.15, 0.2) is 24.3 Å². The molecule has 13 heavy (non-hydrogen) atoms. The minimum absolute atomic E-state index is 0.393. The first-order chi connectivity index (χ1) is 6.31. The number of allylic oxidation sites excluding steroid dienone is 1. The van der Waals surface area contributed by atoms with Crippen molar-refractivity contribution in [2.24, 2.45) is 0 Å². The van der Waals surface area contributed by atoms with Gasteiger partial charge in [-0.1, -0.05) is 0 Å². The summed E-state index contributed by atoms with van der Waals surface area (Å²) in [5, 5.41) is 9.55. The molecule has 1 aliphatic rings. The van der Waals surface area contributed by atoms with E-state index in [9.17, 15) is 5.11 Å². The Kier molecular flexibility index (Phi) is 1.97. The third kappa shape index (κ3) is 1.39. The molecular formula is C11H12O2. The average molecular weight is 176 g/mol. The van der Waals surface area contributed by atoms with Gasteiger partial charge in [-0.25, -0.2) is 0 Å². The van der Waals surface area contributed by atoms with Gasteiger partial charge >= 0.3 is 0 Å². The van der Waals surface area contributed by atoms with Crippen molar-refractivity contribution >= 4 is 5.76 Å². The molecule has 68 valence electrons. The molecule has 0 spiro atoms. The van der Waals surface area contributed by atoms with E-state index in [1.165, 1.54) is 5.56 Å². The Labute approximate surface area is 77.5 Å². The number of hydrogen-bond donors (Lipinski definition) is 1. The normalized spacial score (nSPS) is 14.7. The van der Waals surface area contributed by atoms with E-state index in [1.54, 1.807) is 7.11 Å². The molecule has 0 saturated carbocycles. The lowest BCUT2D eigenvalue weighted by atomic mass is 9.96. The van der Waals surface area contributed by atoms with Crippen LogP contribution in [0.5, 0.6) is 5.75 Å². The van der Waals surface area contributed by atoms with Crippen LogP contribution in [0.3, 0.4) is 0 Å². The summed E-state index contributed by atoms with van der Waals surface area (Å²) < 4.78 is 5.11. The van der Waals surface area contributed by atoms with Crippen LogP contribution in [0.1, 0.15) is 17.5 Å². The maximum Gasteiger partial charge on any atom is 0.119 e. The lowest BCUT2D eigenvalue weighted by molar-refractivity contribution is 0.414. The molecule has 0 saturated heterocycles. The van der Waals surface area contributed by atoms with Crippen LogP contribution in [0.25, 0.3) is 5.76 Å². The summed E-state index contributed by atoms with van der Waals surface area (Å²) in [7, 11) is 1.65. The number of aliphatic hydroxyl groups excluding tert-OH is 1. The van der Waals surface area contributed by atoms with E-state index in [2.05, 4.69) is 0 Å². The second kappa shape index (κ2) is 3.13. The monoisotopic (exact) mass is 176 g/mol. The van der Waals surface area contributed by atoms with E-state index in [4.69, 9.17) is 4.74 Å². The topological polar surface area (TPSA) is 29.5 Å². The molecule has 0 fully saturated rings. The van der Waals surface area contributed by atoms with Crippen molar-refractivity contribution in [2.45, 2.75) is 12.8 Å². The number of fused-ring (bicyclic) bond motifs is 1. The standard InChI is InChI=1S/C11H12O2/c1-13-9-5-6-10-8(7-9)3-2-4-11(10)12/h4-7,12H,2-3H2,1H3. The van der Waals surface area contributed by atoms with Crippen molar-refractivity contribution in [2.75, 3.05) is 7.11 Å². The molecule has 0 heterocycles. The first-order valence-corrected chi connectivity index (χ1v) is 4.37. The highest BCUT2D eigenvalue weighted by atomic mass is 16.5. The van der Waals surface area contributed by atoms with Gasteiger partial charge in [0, 0.05) is 5.56 Å². The summed E-state index contributed by atoms with van der Waals surface area (Å²) >= 11 is 0. The van der Waals surface area contributed by atoms with Gasteiger partial charge in [0.25, 0.3) is 0 Å². The van der Waals surface area contributed by atoms with E-state index >= 15 is 0 Å². The Balaban J connectivity index is 2.48. The number of aryl methyl sites for hydroxylation is 1. The smallest absolute Gasteiger partial charge is 0.119 e. The molecule has 1 aliphatic carbocycles. The fraction of sp³-hybridized carbons (Fsp3) is 0.273. The molecule has 0 amide bonds. The van der Waals surface area contributed by atoms with Gasteiger partial charge in [-0.2, -0.15) is 0 Å². The second-order valence-electron chi connectivity index (χ2n) is 3.15. The molecule has 2 rings (SSSR count). The Bertz CT molecular complexity index is 353. The second-order valence-corrected chi connectivity index (χ2v) is 3.15. The predicted octanol–water partition coefficient (Wildman–Crippen LogP) is 2.54. The zero-order chi connectivity index (χ0) is 9.26. The number of rotatable bonds is 1. The van der Waals surface area contributed by atoms with Crippen LogP contribution < -0.4 is 4.74 Å². The minimum Gasteiger partial charge on any atom is -0.508 e. The lowest BCUT2D eigenvalue weighted by Crippen LogP contribution is -1.99. The average Bonchev–Trinajstić information content (AvgIpc) is 2.18. The summed E-state index contributed by atoms with van der Waals surface area (Å²) in [5.74, 6) is 1.25. The van der Waals surface area contributed by atoms with Gasteiger partial charge in [0.05, 0.1) is 7.11 Å². The quantitative estimate of drug-likeness (QED) is 0.712. The van der Waals surface area contributed by atoms with Crippen molar-refractivity contribution in [3.63, 3.8) is 0 Å². The summed E-state index contributed by atoms with van der Waals surface area (Å²) in [6, 6.07) is 5.76. The van der Waals surface area contributed by atoms with Crippen LogP contribution in [-0.2, 0) is 6.42 Å². The number of ether oxygens (including phenoxy) is 1. The van der Waals surface area contributed by atoms with Crippen molar-refractivity contribution in [3.05, 3.63) is 35.4 Å². The fourth-order valence-electron chi connectivity index (χ4n) is 1.63. The number of benzene rings is 1. The van der Waals surface area contributed by atoms with Gasteiger partial charge in [0.15, 0.2) is 0 Å². The van der Waals surface area contributed by atoms with Crippen LogP contribution in [0, 0.1) is 0 Å². The Morgan fingerprint density at radius 2 is 2.23 bits per heavy atom. The Morgan fingerprint density at radius 3 is 3.00 bits per heavy atom. The molecule has 0 aliphatic heterocycles. The number of methoxy groups -OCH3 is 1. The summed E-state index contributed by atoms with van der Waals surface area (Å²) in [5.41, 5.74) is 2.10. The van der Waals surface area contributed by atoms with Crippen molar-refractivity contribution in [1.29, 1.82) is 0 Å². The summed E-state index contributed by atoms with van der Waals surface area (Å²) in [6.45, 7) is 0. The van der Waals surface area contributed by atoms with Crippen LogP contribution in [-0.4, -0.2) is 12.2 Å². The van der Waals surface area contributed by atoms with Gasteiger partial charge in [-0.05, 0) is 42.7 Å². The molecule has 0 aromatic heterocycles. The highest BCUT2D eigenvalue weighted by Crippen LogP contribution is 2.27. The highest BCUT2D eigenvalue weighted by molar-refractivity contribution is 5.64. The molecule has 2 heteroatoms. The van der Waals surface area contributed by atoms with Gasteiger partial charge in [-0.3, -0.25) is 0 Å². The SMILES string of the molecule is COc1ccc2c(c1)CCC=C2O. The predicted molar refractivity (Wildman–Crippen MR) is 51.9 cm³/mol. The zero-order valence-electron chi connectivity index (χ0n) is 7.58. The minimum atomic E-state index is 0.393. The van der Waals surface area contributed by atoms with E-state index in [1.807, 2.05) is 24.3 Å². The fourth-order valence-corrected chi connectivity index (χ4v) is 1.63. The molecule has 1 aromatic carbocycles. The van der Waals surface area contributed by atoms with Crippen LogP contribution >= 0.6 is 0 Å².